The number of benzene rings is 3. The highest BCUT2D eigenvalue weighted by atomic mass is 35.5. The predicted molar refractivity (Wildman–Crippen MR) is 227 cm³/mol. The fourth-order valence-corrected chi connectivity index (χ4v) is 9.92. The maximum absolute atomic E-state index is 15.0. The van der Waals surface area contributed by atoms with Crippen LogP contribution in [0.4, 0.5) is 43.3 Å². The minimum absolute atomic E-state index is 0.0601. The van der Waals surface area contributed by atoms with E-state index in [1.165, 1.54) is 28.9 Å². The molecular weight excluding hydrogens is 816 g/mol. The quantitative estimate of drug-likeness (QED) is 0.153. The van der Waals surface area contributed by atoms with E-state index in [2.05, 4.69) is 40.6 Å². The minimum atomic E-state index is -3.47. The fourth-order valence-electron chi connectivity index (χ4n) is 8.81. The molecule has 2 amide bonds. The standard InChI is InChI=1S/C42H48ClF2N9O5S/c1-59-36-24-29(6-8-34(36)48-42-46-25-31(43)40(50-42)47-35-5-3-4-27-11-17-54(39(27)35)60(2,57)58)52-15-12-28(13-16-52)53-20-18-51(19-21-53)14-10-26-22-32(44)38(33(45)23-26)30-7-9-37(55)49-41(30)56/h3-6,8,22-25,28,30H,7,9-21H2,1-2H3,(H,49,55,56)(H2,46,47,48,50). The van der Waals surface area contributed by atoms with E-state index in [1.54, 1.807) is 13.2 Å². The third kappa shape index (κ3) is 8.99. The molecule has 0 bridgehead atoms. The summed E-state index contributed by atoms with van der Waals surface area (Å²) in [5.74, 6) is -2.32. The highest BCUT2D eigenvalue weighted by Crippen LogP contribution is 2.40. The second-order valence-corrected chi connectivity index (χ2v) is 18.1. The van der Waals surface area contributed by atoms with Crippen LogP contribution in [-0.4, -0.2) is 112 Å². The molecule has 0 radical (unpaired) electrons. The van der Waals surface area contributed by atoms with Crippen LogP contribution in [0.5, 0.6) is 5.75 Å². The van der Waals surface area contributed by atoms with Gasteiger partial charge in [0.1, 0.15) is 22.4 Å². The SMILES string of the molecule is COc1cc(N2CCC(N3CCN(CCc4cc(F)c(C5CCC(=O)NC5=O)c(F)c4)CC3)CC2)ccc1Nc1ncc(Cl)c(Nc2cccc3c2N(S(C)(=O)=O)CC3)n1. The van der Waals surface area contributed by atoms with Crippen LogP contribution >= 0.6 is 11.6 Å². The van der Waals surface area contributed by atoms with Crippen molar-refractivity contribution in [2.75, 3.05) is 85.6 Å². The Morgan fingerprint density at radius 2 is 1.67 bits per heavy atom. The smallest absolute Gasteiger partial charge is 0.234 e. The van der Waals surface area contributed by atoms with Gasteiger partial charge in [0.2, 0.25) is 27.8 Å². The molecule has 14 nitrogen and oxygen atoms in total. The number of halogens is 3. The van der Waals surface area contributed by atoms with E-state index in [9.17, 15) is 18.0 Å². The van der Waals surface area contributed by atoms with Crippen LogP contribution in [-0.2, 0) is 32.5 Å². The number of carbonyl (C=O) groups excluding carboxylic acids is 2. The van der Waals surface area contributed by atoms with Gasteiger partial charge in [-0.2, -0.15) is 4.98 Å². The Morgan fingerprint density at radius 3 is 2.37 bits per heavy atom. The molecule has 1 atom stereocenters. The number of fused-ring (bicyclic) bond motifs is 1. The van der Waals surface area contributed by atoms with E-state index in [4.69, 9.17) is 16.3 Å². The first kappa shape index (κ1) is 41.6. The summed E-state index contributed by atoms with van der Waals surface area (Å²) >= 11 is 6.51. The number of methoxy groups -OCH3 is 1. The monoisotopic (exact) mass is 863 g/mol. The average Bonchev–Trinajstić information content (AvgIpc) is 3.69. The normalized spacial score (nSPS) is 19.3. The topological polar surface area (TPSA) is 152 Å². The lowest BCUT2D eigenvalue weighted by molar-refractivity contribution is -0.134. The second kappa shape index (κ2) is 17.5. The van der Waals surface area contributed by atoms with Crippen molar-refractivity contribution in [3.8, 4) is 5.75 Å². The number of nitrogens with zero attached hydrogens (tertiary/aromatic N) is 6. The molecule has 4 aliphatic heterocycles. The lowest BCUT2D eigenvalue weighted by Crippen LogP contribution is -2.53. The number of para-hydroxylation sites is 1. The molecule has 1 aromatic heterocycles. The molecule has 4 aromatic rings. The lowest BCUT2D eigenvalue weighted by Gasteiger charge is -2.43. The molecule has 318 valence electrons. The predicted octanol–water partition coefficient (Wildman–Crippen LogP) is 5.58. The van der Waals surface area contributed by atoms with Crippen molar-refractivity contribution in [2.24, 2.45) is 0 Å². The molecule has 4 aliphatic rings. The molecule has 3 fully saturated rings. The number of aromatic nitrogens is 2. The highest BCUT2D eigenvalue weighted by molar-refractivity contribution is 7.92. The van der Waals surface area contributed by atoms with Crippen LogP contribution < -0.4 is 29.9 Å². The van der Waals surface area contributed by atoms with Gasteiger partial charge in [0.25, 0.3) is 0 Å². The number of amides is 2. The number of anilines is 6. The Labute approximate surface area is 353 Å². The molecule has 5 heterocycles. The lowest BCUT2D eigenvalue weighted by atomic mass is 9.89. The number of nitrogens with one attached hydrogen (secondary N) is 3. The molecular formula is C42H48ClF2N9O5S. The van der Waals surface area contributed by atoms with Gasteiger partial charge in [-0.3, -0.25) is 24.1 Å². The fraction of sp³-hybridized carbons (Fsp3) is 0.429. The van der Waals surface area contributed by atoms with E-state index in [0.29, 0.717) is 66.2 Å². The van der Waals surface area contributed by atoms with Crippen LogP contribution in [0, 0.1) is 11.6 Å². The summed E-state index contributed by atoms with van der Waals surface area (Å²) in [5.41, 5.74) is 4.10. The molecule has 60 heavy (non-hydrogen) atoms. The van der Waals surface area contributed by atoms with Crippen LogP contribution in [0.3, 0.4) is 0 Å². The number of carbonyl (C=O) groups is 2. The van der Waals surface area contributed by atoms with E-state index in [-0.39, 0.29) is 29.4 Å². The summed E-state index contributed by atoms with van der Waals surface area (Å²) in [6.45, 7) is 6.42. The molecule has 0 saturated carbocycles. The Bertz CT molecular complexity index is 2370. The number of piperazine rings is 1. The Morgan fingerprint density at radius 1 is 0.917 bits per heavy atom. The number of rotatable bonds is 12. The maximum atomic E-state index is 15.0. The molecule has 18 heteroatoms. The summed E-state index contributed by atoms with van der Waals surface area (Å²) in [7, 11) is -1.85. The first-order chi connectivity index (χ1) is 28.8. The molecule has 3 saturated heterocycles. The van der Waals surface area contributed by atoms with Gasteiger partial charge in [0.05, 0.1) is 42.5 Å². The maximum Gasteiger partial charge on any atom is 0.234 e. The van der Waals surface area contributed by atoms with E-state index in [1.807, 2.05) is 30.3 Å². The van der Waals surface area contributed by atoms with E-state index >= 15 is 8.78 Å². The zero-order valence-corrected chi connectivity index (χ0v) is 35.1. The third-order valence-electron chi connectivity index (χ3n) is 12.0. The first-order valence-electron chi connectivity index (χ1n) is 20.2. The number of hydrogen-bond acceptors (Lipinski definition) is 12. The minimum Gasteiger partial charge on any atom is -0.494 e. The number of ether oxygens (including phenoxy) is 1. The summed E-state index contributed by atoms with van der Waals surface area (Å²) < 4.78 is 62.3. The van der Waals surface area contributed by atoms with Gasteiger partial charge in [-0.1, -0.05) is 23.7 Å². The first-order valence-corrected chi connectivity index (χ1v) is 22.4. The molecule has 8 rings (SSSR count). The number of piperidine rings is 2. The molecule has 0 aliphatic carbocycles. The average molecular weight is 864 g/mol. The third-order valence-corrected chi connectivity index (χ3v) is 13.4. The van der Waals surface area contributed by atoms with Crippen molar-refractivity contribution < 1.29 is 31.5 Å². The van der Waals surface area contributed by atoms with Crippen molar-refractivity contribution in [1.82, 2.24) is 25.1 Å². The van der Waals surface area contributed by atoms with Crippen LogP contribution in [0.2, 0.25) is 5.02 Å². The highest BCUT2D eigenvalue weighted by Gasteiger charge is 2.33. The van der Waals surface area contributed by atoms with Crippen molar-refractivity contribution in [3.05, 3.63) is 88.1 Å². The van der Waals surface area contributed by atoms with Crippen LogP contribution in [0.25, 0.3) is 0 Å². The second-order valence-electron chi connectivity index (χ2n) is 15.7. The van der Waals surface area contributed by atoms with Crippen LogP contribution in [0.15, 0.2) is 54.7 Å². The summed E-state index contributed by atoms with van der Waals surface area (Å²) in [5, 5.41) is 8.93. The van der Waals surface area contributed by atoms with Gasteiger partial charge in [-0.05, 0) is 73.6 Å². The Balaban J connectivity index is 0.827. The number of imide groups is 1. The Hall–Kier alpha value is -5.10. The molecule has 3 N–H and O–H groups in total. The van der Waals surface area contributed by atoms with Crippen molar-refractivity contribution in [3.63, 3.8) is 0 Å². The summed E-state index contributed by atoms with van der Waals surface area (Å²) in [6.07, 6.45) is 5.98. The molecule has 3 aromatic carbocycles. The van der Waals surface area contributed by atoms with Crippen LogP contribution in [0.1, 0.15) is 48.3 Å². The number of hydrogen-bond donors (Lipinski definition) is 3. The van der Waals surface area contributed by atoms with Gasteiger partial charge in [-0.25, -0.2) is 22.2 Å². The van der Waals surface area contributed by atoms with Crippen molar-refractivity contribution >= 4 is 68.0 Å². The van der Waals surface area contributed by atoms with Crippen molar-refractivity contribution in [1.29, 1.82) is 0 Å². The van der Waals surface area contributed by atoms with Gasteiger partial charge in [-0.15, -0.1) is 0 Å². The zero-order chi connectivity index (χ0) is 42.1. The largest absolute Gasteiger partial charge is 0.494 e. The number of sulfonamides is 1. The molecule has 1 unspecified atom stereocenters. The summed E-state index contributed by atoms with van der Waals surface area (Å²) in [6, 6.07) is 14.7. The van der Waals surface area contributed by atoms with Gasteiger partial charge < -0.3 is 25.2 Å². The van der Waals surface area contributed by atoms with Gasteiger partial charge in [0, 0.05) is 82.1 Å². The van der Waals surface area contributed by atoms with Crippen molar-refractivity contribution in [2.45, 2.75) is 50.5 Å². The summed E-state index contributed by atoms with van der Waals surface area (Å²) in [4.78, 5) is 40.0. The molecule has 0 spiro atoms. The van der Waals surface area contributed by atoms with Gasteiger partial charge >= 0.3 is 0 Å². The van der Waals surface area contributed by atoms with Gasteiger partial charge in [0.15, 0.2) is 5.82 Å². The van der Waals surface area contributed by atoms with E-state index in [0.717, 1.165) is 63.4 Å². The Kier molecular flexibility index (Phi) is 12.1. The van der Waals surface area contributed by atoms with E-state index < -0.39 is 39.4 Å². The zero-order valence-electron chi connectivity index (χ0n) is 33.5.